The van der Waals surface area contributed by atoms with E-state index in [0.717, 1.165) is 11.1 Å². The van der Waals surface area contributed by atoms with E-state index in [2.05, 4.69) is 16.6 Å². The molecular formula is C16H15NO2S. The van der Waals surface area contributed by atoms with Crippen molar-refractivity contribution in [2.45, 2.75) is 11.8 Å². The normalized spacial score (nSPS) is 10.7. The first-order valence-electron chi connectivity index (χ1n) is 6.14. The molecule has 0 saturated carbocycles. The second-order valence-electron chi connectivity index (χ2n) is 4.32. The molecule has 0 amide bonds. The average molecular weight is 285 g/mol. The van der Waals surface area contributed by atoms with Crippen molar-refractivity contribution in [1.29, 1.82) is 0 Å². The summed E-state index contributed by atoms with van der Waals surface area (Å²) in [4.78, 5) is 0.196. The van der Waals surface area contributed by atoms with Crippen LogP contribution in [0.2, 0.25) is 0 Å². The van der Waals surface area contributed by atoms with Crippen LogP contribution in [0.4, 0.5) is 0 Å². The van der Waals surface area contributed by atoms with Crippen molar-refractivity contribution in [3.8, 4) is 11.8 Å². The van der Waals surface area contributed by atoms with Gasteiger partial charge in [-0.05, 0) is 38.2 Å². The molecule has 4 heteroatoms. The number of benzene rings is 2. The van der Waals surface area contributed by atoms with Crippen LogP contribution in [0.3, 0.4) is 0 Å². The molecular weight excluding hydrogens is 270 g/mol. The molecule has 0 aromatic heterocycles. The van der Waals surface area contributed by atoms with Gasteiger partial charge in [0.1, 0.15) is 0 Å². The highest BCUT2D eigenvalue weighted by Gasteiger charge is 2.14. The highest BCUT2D eigenvalue weighted by atomic mass is 32.2. The third-order valence-corrected chi connectivity index (χ3v) is 4.31. The minimum absolute atomic E-state index is 0.196. The van der Waals surface area contributed by atoms with Crippen LogP contribution in [-0.4, -0.2) is 15.5 Å². The summed E-state index contributed by atoms with van der Waals surface area (Å²) in [5.74, 6) is 5.90. The summed E-state index contributed by atoms with van der Waals surface area (Å²) in [5, 5.41) is 0. The molecule has 0 aliphatic rings. The predicted molar refractivity (Wildman–Crippen MR) is 79.8 cm³/mol. The van der Waals surface area contributed by atoms with E-state index >= 15 is 0 Å². The van der Waals surface area contributed by atoms with Gasteiger partial charge < -0.3 is 0 Å². The molecule has 0 radical (unpaired) electrons. The molecule has 0 fully saturated rings. The van der Waals surface area contributed by atoms with Gasteiger partial charge in [-0.1, -0.05) is 41.7 Å². The number of hydrogen-bond donors (Lipinski definition) is 1. The number of nitrogens with one attached hydrogen (secondary N) is 1. The van der Waals surface area contributed by atoms with Gasteiger partial charge in [-0.2, -0.15) is 0 Å². The molecule has 0 aliphatic heterocycles. The van der Waals surface area contributed by atoms with Crippen molar-refractivity contribution in [1.82, 2.24) is 4.72 Å². The van der Waals surface area contributed by atoms with Crippen molar-refractivity contribution in [3.63, 3.8) is 0 Å². The van der Waals surface area contributed by atoms with E-state index in [4.69, 9.17) is 0 Å². The highest BCUT2D eigenvalue weighted by Crippen LogP contribution is 2.14. The van der Waals surface area contributed by atoms with Gasteiger partial charge in [0.15, 0.2) is 0 Å². The Morgan fingerprint density at radius 2 is 1.60 bits per heavy atom. The Balaban J connectivity index is 2.43. The molecule has 102 valence electrons. The highest BCUT2D eigenvalue weighted by molar-refractivity contribution is 7.89. The maximum absolute atomic E-state index is 11.9. The third-order valence-electron chi connectivity index (χ3n) is 2.84. The zero-order valence-electron chi connectivity index (χ0n) is 11.3. The summed E-state index contributed by atoms with van der Waals surface area (Å²) in [6, 6.07) is 14.5. The molecule has 3 nitrogen and oxygen atoms in total. The standard InChI is InChI=1S/C16H15NO2S/c1-13-7-9-14(10-8-13)11-12-15-5-3-4-6-16(15)20(18,19)17-2/h3-10,17H,1-2H3. The van der Waals surface area contributed by atoms with Crippen molar-refractivity contribution in [2.75, 3.05) is 7.05 Å². The Labute approximate surface area is 119 Å². The molecule has 0 aliphatic carbocycles. The van der Waals surface area contributed by atoms with Crippen LogP contribution in [0.25, 0.3) is 0 Å². The van der Waals surface area contributed by atoms with Crippen LogP contribution in [0.5, 0.6) is 0 Å². The zero-order chi connectivity index (χ0) is 14.6. The Morgan fingerprint density at radius 3 is 2.25 bits per heavy atom. The largest absolute Gasteiger partial charge is 0.241 e. The molecule has 2 aromatic carbocycles. The lowest BCUT2D eigenvalue weighted by Gasteiger charge is -2.04. The Kier molecular flexibility index (Phi) is 4.23. The van der Waals surface area contributed by atoms with E-state index in [1.165, 1.54) is 7.05 Å². The minimum Gasteiger partial charge on any atom is -0.214 e. The summed E-state index contributed by atoms with van der Waals surface area (Å²) in [6.45, 7) is 2.01. The average Bonchev–Trinajstić information content (AvgIpc) is 2.47. The maximum atomic E-state index is 11.9. The SMILES string of the molecule is CNS(=O)(=O)c1ccccc1C#Cc1ccc(C)cc1. The first-order chi connectivity index (χ1) is 9.53. The smallest absolute Gasteiger partial charge is 0.214 e. The quantitative estimate of drug-likeness (QED) is 0.861. The molecule has 0 unspecified atom stereocenters. The molecule has 1 N–H and O–H groups in total. The fraction of sp³-hybridized carbons (Fsp3) is 0.125. The topological polar surface area (TPSA) is 46.2 Å². The Morgan fingerprint density at radius 1 is 0.950 bits per heavy atom. The predicted octanol–water partition coefficient (Wildman–Crippen LogP) is 2.30. The summed E-state index contributed by atoms with van der Waals surface area (Å²) < 4.78 is 26.1. The van der Waals surface area contributed by atoms with Gasteiger partial charge >= 0.3 is 0 Å². The molecule has 0 saturated heterocycles. The molecule has 0 spiro atoms. The molecule has 20 heavy (non-hydrogen) atoms. The fourth-order valence-corrected chi connectivity index (χ4v) is 2.58. The number of aryl methyl sites for hydroxylation is 1. The van der Waals surface area contributed by atoms with Crippen LogP contribution in [0.1, 0.15) is 16.7 Å². The van der Waals surface area contributed by atoms with Gasteiger partial charge in [-0.3, -0.25) is 0 Å². The van der Waals surface area contributed by atoms with E-state index in [1.807, 2.05) is 31.2 Å². The third kappa shape index (κ3) is 3.27. The molecule has 0 atom stereocenters. The van der Waals surface area contributed by atoms with Gasteiger partial charge in [0.05, 0.1) is 4.90 Å². The number of sulfonamides is 1. The van der Waals surface area contributed by atoms with Gasteiger partial charge in [0, 0.05) is 11.1 Å². The molecule has 0 heterocycles. The van der Waals surface area contributed by atoms with Crippen LogP contribution < -0.4 is 4.72 Å². The second kappa shape index (κ2) is 5.91. The number of hydrogen-bond acceptors (Lipinski definition) is 2. The Bertz CT molecular complexity index is 766. The second-order valence-corrected chi connectivity index (χ2v) is 6.17. The lowest BCUT2D eigenvalue weighted by molar-refractivity contribution is 0.588. The van der Waals surface area contributed by atoms with Crippen molar-refractivity contribution in [3.05, 3.63) is 65.2 Å². The molecule has 2 aromatic rings. The minimum atomic E-state index is -3.49. The van der Waals surface area contributed by atoms with E-state index in [9.17, 15) is 8.42 Å². The first kappa shape index (κ1) is 14.3. The van der Waals surface area contributed by atoms with Crippen LogP contribution >= 0.6 is 0 Å². The van der Waals surface area contributed by atoms with E-state index in [0.29, 0.717) is 5.56 Å². The summed E-state index contributed by atoms with van der Waals surface area (Å²) >= 11 is 0. The Hall–Kier alpha value is -2.09. The summed E-state index contributed by atoms with van der Waals surface area (Å²) in [6.07, 6.45) is 0. The van der Waals surface area contributed by atoms with E-state index in [-0.39, 0.29) is 4.90 Å². The van der Waals surface area contributed by atoms with Crippen molar-refractivity contribution in [2.24, 2.45) is 0 Å². The lowest BCUT2D eigenvalue weighted by atomic mass is 10.1. The van der Waals surface area contributed by atoms with Crippen molar-refractivity contribution >= 4 is 10.0 Å². The first-order valence-corrected chi connectivity index (χ1v) is 7.62. The molecule has 2 rings (SSSR count). The van der Waals surface area contributed by atoms with Gasteiger partial charge in [-0.25, -0.2) is 13.1 Å². The lowest BCUT2D eigenvalue weighted by Crippen LogP contribution is -2.19. The zero-order valence-corrected chi connectivity index (χ0v) is 12.2. The summed E-state index contributed by atoms with van der Waals surface area (Å²) in [5.41, 5.74) is 2.50. The fourth-order valence-electron chi connectivity index (χ4n) is 1.69. The summed E-state index contributed by atoms with van der Waals surface area (Å²) in [7, 11) is -2.10. The van der Waals surface area contributed by atoms with Crippen LogP contribution in [0, 0.1) is 18.8 Å². The maximum Gasteiger partial charge on any atom is 0.241 e. The van der Waals surface area contributed by atoms with Gasteiger partial charge in [0.2, 0.25) is 10.0 Å². The van der Waals surface area contributed by atoms with Crippen LogP contribution in [-0.2, 0) is 10.0 Å². The van der Waals surface area contributed by atoms with Gasteiger partial charge in [0.25, 0.3) is 0 Å². The monoisotopic (exact) mass is 285 g/mol. The van der Waals surface area contributed by atoms with E-state index in [1.54, 1.807) is 24.3 Å². The van der Waals surface area contributed by atoms with Gasteiger partial charge in [-0.15, -0.1) is 0 Å². The molecule has 0 bridgehead atoms. The van der Waals surface area contributed by atoms with Crippen molar-refractivity contribution < 1.29 is 8.42 Å². The van der Waals surface area contributed by atoms with Crippen LogP contribution in [0.15, 0.2) is 53.4 Å². The van der Waals surface area contributed by atoms with E-state index < -0.39 is 10.0 Å². The number of rotatable bonds is 2.